The number of hydrogen-bond donors (Lipinski definition) is 0. The molecule has 0 fully saturated rings. The van der Waals surface area contributed by atoms with Crippen molar-refractivity contribution in [3.63, 3.8) is 0 Å². The van der Waals surface area contributed by atoms with Gasteiger partial charge in [0.1, 0.15) is 13.2 Å². The highest BCUT2D eigenvalue weighted by Crippen LogP contribution is 2.11. The van der Waals surface area contributed by atoms with E-state index in [4.69, 9.17) is 18.9 Å². The Morgan fingerprint density at radius 3 is 1.40 bits per heavy atom. The van der Waals surface area contributed by atoms with Crippen molar-refractivity contribution < 1.29 is 42.9 Å². The van der Waals surface area contributed by atoms with Crippen LogP contribution in [0.1, 0.15) is 162 Å². The Morgan fingerprint density at radius 2 is 0.919 bits per heavy atom. The molecule has 9 nitrogen and oxygen atoms in total. The first kappa shape index (κ1) is 58.2. The zero-order chi connectivity index (χ0) is 45.6. The van der Waals surface area contributed by atoms with Crippen LogP contribution in [-0.4, -0.2) is 82.3 Å². The molecule has 0 aromatic heterocycles. The fraction of sp³-hybridized carbons (Fsp3) is 0.642. The van der Waals surface area contributed by atoms with Crippen LogP contribution in [0.15, 0.2) is 97.2 Å². The molecule has 0 aliphatic rings. The molecule has 352 valence electrons. The number of carbonyl (C=O) groups excluding carboxylic acids is 3. The second-order valence-electron chi connectivity index (χ2n) is 16.7. The van der Waals surface area contributed by atoms with Crippen molar-refractivity contribution in [3.05, 3.63) is 97.2 Å². The van der Waals surface area contributed by atoms with Crippen molar-refractivity contribution >= 4 is 17.9 Å². The zero-order valence-corrected chi connectivity index (χ0v) is 39.7. The van der Waals surface area contributed by atoms with Gasteiger partial charge in [0.15, 0.2) is 12.4 Å². The number of ether oxygens (including phenoxy) is 4. The number of quaternary nitrogens is 1. The molecule has 0 aliphatic carbocycles. The predicted octanol–water partition coefficient (Wildman–Crippen LogP) is 11.7. The molecule has 0 spiro atoms. The average molecular weight is 866 g/mol. The van der Waals surface area contributed by atoms with Gasteiger partial charge in [0.2, 0.25) is 0 Å². The first-order chi connectivity index (χ1) is 30.1. The second-order valence-corrected chi connectivity index (χ2v) is 16.7. The number of nitrogens with zero attached hydrogens (tertiary/aromatic N) is 1. The Morgan fingerprint density at radius 1 is 0.500 bits per heavy atom. The van der Waals surface area contributed by atoms with E-state index in [0.717, 1.165) is 89.9 Å². The van der Waals surface area contributed by atoms with Crippen LogP contribution in [0.25, 0.3) is 0 Å². The molecule has 2 unspecified atom stereocenters. The molecule has 2 atom stereocenters. The number of rotatable bonds is 42. The van der Waals surface area contributed by atoms with E-state index in [-0.39, 0.29) is 38.6 Å². The molecule has 0 saturated carbocycles. The number of unbranched alkanes of at least 4 members (excludes halogenated alkanes) is 11. The van der Waals surface area contributed by atoms with E-state index in [2.05, 4.69) is 111 Å². The summed E-state index contributed by atoms with van der Waals surface area (Å²) in [6, 6.07) is 0. The average Bonchev–Trinajstić information content (AvgIpc) is 3.23. The monoisotopic (exact) mass is 866 g/mol. The normalized spacial score (nSPS) is 13.8. The van der Waals surface area contributed by atoms with Gasteiger partial charge < -0.3 is 33.3 Å². The third kappa shape index (κ3) is 44.3. The number of allylic oxidation sites excluding steroid dienone is 16. The van der Waals surface area contributed by atoms with Crippen molar-refractivity contribution in [2.75, 3.05) is 47.5 Å². The fourth-order valence-corrected chi connectivity index (χ4v) is 5.86. The zero-order valence-electron chi connectivity index (χ0n) is 39.7. The van der Waals surface area contributed by atoms with E-state index in [1.807, 2.05) is 21.1 Å². The summed E-state index contributed by atoms with van der Waals surface area (Å²) < 4.78 is 22.5. The van der Waals surface area contributed by atoms with E-state index in [9.17, 15) is 19.5 Å². The Balaban J connectivity index is 4.54. The summed E-state index contributed by atoms with van der Waals surface area (Å²) in [5.41, 5.74) is 0. The van der Waals surface area contributed by atoms with Gasteiger partial charge in [-0.25, -0.2) is 0 Å². The minimum Gasteiger partial charge on any atom is -0.545 e. The number of carbonyl (C=O) groups is 3. The molecule has 9 heteroatoms. The highest BCUT2D eigenvalue weighted by molar-refractivity contribution is 5.70. The van der Waals surface area contributed by atoms with Gasteiger partial charge in [-0.15, -0.1) is 0 Å². The van der Waals surface area contributed by atoms with Gasteiger partial charge in [-0.1, -0.05) is 150 Å². The number of esters is 2. The SMILES string of the molecule is CC/C=C\C/C=C\C/C=C\C/C=C\C/C=C\C/C=C\CCCCC(=O)OC(COC(=O)CCCCCCC/C=C\C/C=C\CCCCCC)COC(OCC[N+](C)(C)C)C(=O)[O-]. The van der Waals surface area contributed by atoms with Crippen LogP contribution in [0, 0.1) is 0 Å². The van der Waals surface area contributed by atoms with Crippen LogP contribution in [0.3, 0.4) is 0 Å². The van der Waals surface area contributed by atoms with Gasteiger partial charge >= 0.3 is 11.9 Å². The first-order valence-corrected chi connectivity index (χ1v) is 23.9. The lowest BCUT2D eigenvalue weighted by molar-refractivity contribution is -0.870. The summed E-state index contributed by atoms with van der Waals surface area (Å²) in [6.45, 7) is 4.51. The minimum absolute atomic E-state index is 0.131. The van der Waals surface area contributed by atoms with Crippen molar-refractivity contribution in [3.8, 4) is 0 Å². The van der Waals surface area contributed by atoms with Crippen LogP contribution >= 0.6 is 0 Å². The molecular weight excluding hydrogens is 779 g/mol. The molecule has 0 bridgehead atoms. The van der Waals surface area contributed by atoms with Crippen molar-refractivity contribution in [1.82, 2.24) is 0 Å². The molecule has 0 radical (unpaired) electrons. The molecule has 0 N–H and O–H groups in total. The van der Waals surface area contributed by atoms with E-state index in [0.29, 0.717) is 23.9 Å². The molecular formula is C53H87NO8. The Kier molecular flexibility index (Phi) is 41.2. The third-order valence-electron chi connectivity index (χ3n) is 9.57. The first-order valence-electron chi connectivity index (χ1n) is 23.9. The summed E-state index contributed by atoms with van der Waals surface area (Å²) >= 11 is 0. The highest BCUT2D eigenvalue weighted by Gasteiger charge is 2.21. The van der Waals surface area contributed by atoms with Crippen LogP contribution in [-0.2, 0) is 33.3 Å². The summed E-state index contributed by atoms with van der Waals surface area (Å²) in [6.07, 6.45) is 54.4. The predicted molar refractivity (Wildman–Crippen MR) is 255 cm³/mol. The largest absolute Gasteiger partial charge is 0.545 e. The smallest absolute Gasteiger partial charge is 0.306 e. The van der Waals surface area contributed by atoms with E-state index in [1.165, 1.54) is 32.1 Å². The molecule has 0 saturated heterocycles. The molecule has 0 aliphatic heterocycles. The molecule has 0 aromatic carbocycles. The molecule has 0 heterocycles. The highest BCUT2D eigenvalue weighted by atomic mass is 16.7. The van der Waals surface area contributed by atoms with Crippen LogP contribution in [0.5, 0.6) is 0 Å². The van der Waals surface area contributed by atoms with Crippen LogP contribution in [0.4, 0.5) is 0 Å². The second kappa shape index (κ2) is 43.8. The lowest BCUT2D eigenvalue weighted by Gasteiger charge is -2.26. The van der Waals surface area contributed by atoms with Gasteiger partial charge in [0.25, 0.3) is 0 Å². The van der Waals surface area contributed by atoms with Gasteiger partial charge in [-0.3, -0.25) is 9.59 Å². The summed E-state index contributed by atoms with van der Waals surface area (Å²) in [5.74, 6) is -2.38. The van der Waals surface area contributed by atoms with E-state index < -0.39 is 24.3 Å². The maximum absolute atomic E-state index is 12.8. The maximum atomic E-state index is 12.8. The van der Waals surface area contributed by atoms with Crippen molar-refractivity contribution in [2.24, 2.45) is 0 Å². The Hall–Kier alpha value is -3.79. The molecule has 0 amide bonds. The standard InChI is InChI=1S/C53H87NO8/c1-6-8-10-12-14-16-18-20-22-24-25-26-27-28-30-32-34-36-38-40-42-44-51(56)62-49(48-61-53(52(57)58)59-46-45-54(3,4)5)47-60-50(55)43-41-39-37-35-33-31-29-23-21-19-17-15-13-11-9-7-2/h8,10,14,16-17,19-20,22-23,25-26,28-30,34,36,49,53H,6-7,9,11-13,15,18,21,24,27,31-33,35,37-48H2,1-5H3/b10-8-,16-14-,19-17-,22-20-,26-25-,29-23-,30-28-,36-34-. The quantitative estimate of drug-likeness (QED) is 0.0196. The fourth-order valence-electron chi connectivity index (χ4n) is 5.86. The van der Waals surface area contributed by atoms with Gasteiger partial charge in [-0.05, 0) is 96.3 Å². The van der Waals surface area contributed by atoms with Crippen molar-refractivity contribution in [2.45, 2.75) is 174 Å². The summed E-state index contributed by atoms with van der Waals surface area (Å²) in [7, 11) is 5.88. The molecule has 0 rings (SSSR count). The lowest BCUT2D eigenvalue weighted by atomic mass is 10.1. The van der Waals surface area contributed by atoms with E-state index >= 15 is 0 Å². The maximum Gasteiger partial charge on any atom is 0.306 e. The third-order valence-corrected chi connectivity index (χ3v) is 9.57. The molecule has 62 heavy (non-hydrogen) atoms. The van der Waals surface area contributed by atoms with E-state index in [1.54, 1.807) is 0 Å². The number of hydrogen-bond acceptors (Lipinski definition) is 8. The minimum atomic E-state index is -1.64. The van der Waals surface area contributed by atoms with Crippen molar-refractivity contribution in [1.29, 1.82) is 0 Å². The summed E-state index contributed by atoms with van der Waals surface area (Å²) in [5, 5.41) is 11.7. The van der Waals surface area contributed by atoms with Crippen LogP contribution < -0.4 is 5.11 Å². The number of carboxylic acid groups (broad SMARTS) is 1. The number of aliphatic carboxylic acids is 1. The Labute approximate surface area is 378 Å². The summed E-state index contributed by atoms with van der Waals surface area (Å²) in [4.78, 5) is 37.0. The Bertz CT molecular complexity index is 1330. The molecule has 0 aromatic rings. The number of likely N-dealkylation sites (N-methyl/N-ethyl adjacent to an activating group) is 1. The number of carboxylic acids is 1. The van der Waals surface area contributed by atoms with Gasteiger partial charge in [0, 0.05) is 12.8 Å². The lowest BCUT2D eigenvalue weighted by Crippen LogP contribution is -2.44. The van der Waals surface area contributed by atoms with Gasteiger partial charge in [-0.2, -0.15) is 0 Å². The topological polar surface area (TPSA) is 111 Å². The van der Waals surface area contributed by atoms with Gasteiger partial charge in [0.05, 0.1) is 40.3 Å². The van der Waals surface area contributed by atoms with Crippen LogP contribution in [0.2, 0.25) is 0 Å².